The van der Waals surface area contributed by atoms with E-state index in [1.807, 2.05) is 0 Å². The number of amides is 2. The Kier molecular flexibility index (Phi) is 3.23. The highest BCUT2D eigenvalue weighted by molar-refractivity contribution is 6.03. The van der Waals surface area contributed by atoms with E-state index in [4.69, 9.17) is 10.8 Å². The fourth-order valence-corrected chi connectivity index (χ4v) is 1.40. The van der Waals surface area contributed by atoms with Crippen LogP contribution in [0.1, 0.15) is 20.3 Å². The first-order chi connectivity index (χ1) is 6.43. The summed E-state index contributed by atoms with van der Waals surface area (Å²) in [4.78, 5) is 23.9. The molecule has 1 fully saturated rings. The summed E-state index contributed by atoms with van der Waals surface area (Å²) in [5.74, 6) is -0.631. The molecule has 0 aliphatic carbocycles. The minimum atomic E-state index is -0.716. The number of carbonyl (C=O) groups is 2. The predicted octanol–water partition coefficient (Wildman–Crippen LogP) is -0.910. The van der Waals surface area contributed by atoms with E-state index >= 15 is 0 Å². The summed E-state index contributed by atoms with van der Waals surface area (Å²) in [6.45, 7) is 3.37. The number of hydrogen-bond donors (Lipinski definition) is 2. The Morgan fingerprint density at radius 1 is 1.64 bits per heavy atom. The van der Waals surface area contributed by atoms with Gasteiger partial charge in [-0.1, -0.05) is 6.92 Å². The lowest BCUT2D eigenvalue weighted by Crippen LogP contribution is -2.46. The van der Waals surface area contributed by atoms with Gasteiger partial charge in [0.2, 0.25) is 11.8 Å². The Hall–Kier alpha value is -0.940. The van der Waals surface area contributed by atoms with E-state index in [9.17, 15) is 9.59 Å². The molecule has 0 aromatic rings. The number of carbonyl (C=O) groups excluding carboxylic acids is 2. The maximum Gasteiger partial charge on any atom is 0.232 e. The Bertz CT molecular complexity index is 252. The summed E-state index contributed by atoms with van der Waals surface area (Å²) in [6, 6.07) is -0.562. The first-order valence-corrected chi connectivity index (χ1v) is 4.71. The van der Waals surface area contributed by atoms with Gasteiger partial charge in [0.05, 0.1) is 6.10 Å². The molecule has 1 heterocycles. The quantitative estimate of drug-likeness (QED) is 0.578. The monoisotopic (exact) mass is 200 g/mol. The Labute approximate surface area is 82.9 Å². The van der Waals surface area contributed by atoms with Crippen molar-refractivity contribution < 1.29 is 14.7 Å². The van der Waals surface area contributed by atoms with Gasteiger partial charge in [0.25, 0.3) is 0 Å². The van der Waals surface area contributed by atoms with Crippen LogP contribution in [-0.4, -0.2) is 40.5 Å². The molecule has 1 saturated heterocycles. The van der Waals surface area contributed by atoms with Gasteiger partial charge in [0.1, 0.15) is 0 Å². The zero-order chi connectivity index (χ0) is 10.9. The molecule has 0 spiro atoms. The minimum absolute atomic E-state index is 0.111. The van der Waals surface area contributed by atoms with Crippen LogP contribution in [0.5, 0.6) is 0 Å². The zero-order valence-electron chi connectivity index (χ0n) is 8.43. The van der Waals surface area contributed by atoms with Crippen LogP contribution in [0.25, 0.3) is 0 Å². The van der Waals surface area contributed by atoms with Crippen LogP contribution < -0.4 is 5.73 Å². The molecule has 2 amide bonds. The predicted molar refractivity (Wildman–Crippen MR) is 50.2 cm³/mol. The highest BCUT2D eigenvalue weighted by Crippen LogP contribution is 2.18. The second-order valence-corrected chi connectivity index (χ2v) is 3.85. The maximum absolute atomic E-state index is 11.4. The van der Waals surface area contributed by atoms with Gasteiger partial charge in [-0.3, -0.25) is 14.5 Å². The second kappa shape index (κ2) is 4.06. The number of hydrogen-bond acceptors (Lipinski definition) is 4. The highest BCUT2D eigenvalue weighted by atomic mass is 16.3. The molecular formula is C9H16N2O3. The van der Waals surface area contributed by atoms with Crippen molar-refractivity contribution in [2.75, 3.05) is 6.54 Å². The van der Waals surface area contributed by atoms with Gasteiger partial charge in [-0.05, 0) is 6.92 Å². The van der Waals surface area contributed by atoms with Crippen LogP contribution in [0, 0.1) is 5.92 Å². The molecule has 1 rings (SSSR count). The lowest BCUT2D eigenvalue weighted by molar-refractivity contribution is -0.139. The second-order valence-electron chi connectivity index (χ2n) is 3.85. The largest absolute Gasteiger partial charge is 0.392 e. The number of nitrogens with two attached hydrogens (primary N) is 1. The van der Waals surface area contributed by atoms with Crippen molar-refractivity contribution in [3.05, 3.63) is 0 Å². The average molecular weight is 200 g/mol. The molecule has 0 aromatic heterocycles. The summed E-state index contributed by atoms with van der Waals surface area (Å²) < 4.78 is 0. The van der Waals surface area contributed by atoms with Crippen LogP contribution in [0.2, 0.25) is 0 Å². The fourth-order valence-electron chi connectivity index (χ4n) is 1.40. The summed E-state index contributed by atoms with van der Waals surface area (Å²) in [7, 11) is 0. The molecule has 1 aliphatic rings. The van der Waals surface area contributed by atoms with E-state index in [0.717, 1.165) is 4.90 Å². The molecule has 5 heteroatoms. The third kappa shape index (κ3) is 2.10. The molecule has 3 unspecified atom stereocenters. The van der Waals surface area contributed by atoms with E-state index in [2.05, 4.69) is 0 Å². The van der Waals surface area contributed by atoms with Gasteiger partial charge < -0.3 is 10.8 Å². The third-order valence-electron chi connectivity index (χ3n) is 2.48. The molecule has 0 saturated carbocycles. The molecule has 5 nitrogen and oxygen atoms in total. The van der Waals surface area contributed by atoms with Gasteiger partial charge in [-0.2, -0.15) is 0 Å². The van der Waals surface area contributed by atoms with Gasteiger partial charge in [-0.15, -0.1) is 0 Å². The van der Waals surface area contributed by atoms with Crippen molar-refractivity contribution in [1.29, 1.82) is 0 Å². The molecular weight excluding hydrogens is 184 g/mol. The number of aliphatic hydroxyl groups excluding tert-OH is 1. The summed E-state index contributed by atoms with van der Waals surface area (Å²) >= 11 is 0. The smallest absolute Gasteiger partial charge is 0.232 e. The standard InChI is InChI=1S/C9H16N2O3/c1-5-3-8(13)11(9(5)14)4-7(10)6(2)12/h5-7,12H,3-4,10H2,1-2H3. The average Bonchev–Trinajstić information content (AvgIpc) is 2.32. The van der Waals surface area contributed by atoms with Crippen molar-refractivity contribution in [3.63, 3.8) is 0 Å². The van der Waals surface area contributed by atoms with Gasteiger partial charge in [0.15, 0.2) is 0 Å². The Morgan fingerprint density at radius 2 is 2.21 bits per heavy atom. The van der Waals surface area contributed by atoms with E-state index < -0.39 is 12.1 Å². The molecule has 14 heavy (non-hydrogen) atoms. The lowest BCUT2D eigenvalue weighted by atomic mass is 10.1. The number of imide groups is 1. The van der Waals surface area contributed by atoms with E-state index in [1.54, 1.807) is 13.8 Å². The van der Waals surface area contributed by atoms with Crippen molar-refractivity contribution >= 4 is 11.8 Å². The number of rotatable bonds is 3. The Balaban J connectivity index is 2.61. The van der Waals surface area contributed by atoms with Crippen molar-refractivity contribution in [2.24, 2.45) is 11.7 Å². The molecule has 0 aromatic carbocycles. The summed E-state index contributed by atoms with van der Waals surface area (Å²) in [5.41, 5.74) is 5.57. The summed E-state index contributed by atoms with van der Waals surface area (Å²) in [6.07, 6.45) is -0.461. The van der Waals surface area contributed by atoms with E-state index in [0.29, 0.717) is 0 Å². The van der Waals surface area contributed by atoms with Crippen LogP contribution in [-0.2, 0) is 9.59 Å². The van der Waals surface area contributed by atoms with Crippen LogP contribution in [0.4, 0.5) is 0 Å². The molecule has 0 radical (unpaired) electrons. The van der Waals surface area contributed by atoms with Gasteiger partial charge in [-0.25, -0.2) is 0 Å². The van der Waals surface area contributed by atoms with Crippen molar-refractivity contribution in [3.8, 4) is 0 Å². The maximum atomic E-state index is 11.4. The van der Waals surface area contributed by atoms with Crippen molar-refractivity contribution in [1.82, 2.24) is 4.90 Å². The van der Waals surface area contributed by atoms with Gasteiger partial charge >= 0.3 is 0 Å². The van der Waals surface area contributed by atoms with E-state index in [-0.39, 0.29) is 30.7 Å². The molecule has 3 N–H and O–H groups in total. The minimum Gasteiger partial charge on any atom is -0.392 e. The van der Waals surface area contributed by atoms with E-state index in [1.165, 1.54) is 0 Å². The zero-order valence-corrected chi connectivity index (χ0v) is 8.43. The van der Waals surface area contributed by atoms with Crippen molar-refractivity contribution in [2.45, 2.75) is 32.4 Å². The number of nitrogens with zero attached hydrogens (tertiary/aromatic N) is 1. The molecule has 1 aliphatic heterocycles. The van der Waals surface area contributed by atoms with Crippen LogP contribution >= 0.6 is 0 Å². The number of likely N-dealkylation sites (tertiary alicyclic amines) is 1. The van der Waals surface area contributed by atoms with Crippen LogP contribution in [0.3, 0.4) is 0 Å². The number of aliphatic hydroxyl groups is 1. The normalized spacial score (nSPS) is 26.9. The fraction of sp³-hybridized carbons (Fsp3) is 0.778. The third-order valence-corrected chi connectivity index (χ3v) is 2.48. The molecule has 3 atom stereocenters. The topological polar surface area (TPSA) is 83.6 Å². The SMILES string of the molecule is CC1CC(=O)N(CC(N)C(C)O)C1=O. The molecule has 0 bridgehead atoms. The highest BCUT2D eigenvalue weighted by Gasteiger charge is 2.36. The van der Waals surface area contributed by atoms with Crippen LogP contribution in [0.15, 0.2) is 0 Å². The Morgan fingerprint density at radius 3 is 2.57 bits per heavy atom. The first kappa shape index (κ1) is 11.1. The summed E-state index contributed by atoms with van der Waals surface area (Å²) in [5, 5.41) is 9.15. The van der Waals surface area contributed by atoms with Gasteiger partial charge in [0, 0.05) is 24.9 Å². The first-order valence-electron chi connectivity index (χ1n) is 4.71. The molecule has 80 valence electrons. The lowest BCUT2D eigenvalue weighted by Gasteiger charge is -2.21.